The second kappa shape index (κ2) is 8.62. The van der Waals surface area contributed by atoms with Gasteiger partial charge in [-0.1, -0.05) is 42.5 Å². The number of anilines is 1. The third-order valence-corrected chi connectivity index (χ3v) is 4.72. The Kier molecular flexibility index (Phi) is 5.57. The van der Waals surface area contributed by atoms with Gasteiger partial charge in [0.25, 0.3) is 5.56 Å². The Morgan fingerprint density at radius 3 is 2.55 bits per heavy atom. The normalized spacial score (nSPS) is 13.2. The number of nitrogens with zero attached hydrogens (tertiary/aromatic N) is 3. The lowest BCUT2D eigenvalue weighted by atomic mass is 10.1. The van der Waals surface area contributed by atoms with Gasteiger partial charge in [-0.3, -0.25) is 19.3 Å². The van der Waals surface area contributed by atoms with Crippen molar-refractivity contribution in [2.24, 2.45) is 0 Å². The van der Waals surface area contributed by atoms with Crippen LogP contribution in [0.5, 0.6) is 0 Å². The standard InChI is InChI=1S/C22H19N5O4/c28-19(14-27-20(29)10-9-18(25-27)16-6-2-1-3-7-16)24-17-8-4-5-15(11-17)13-26-21(30)12-23-22(26)31/h1-11H,12-14H2,(H,23,31)(H,24,28). The van der Waals surface area contributed by atoms with Gasteiger partial charge >= 0.3 is 6.03 Å². The lowest BCUT2D eigenvalue weighted by Gasteiger charge is -2.13. The van der Waals surface area contributed by atoms with Crippen LogP contribution in [0, 0.1) is 0 Å². The first-order chi connectivity index (χ1) is 15.0. The summed E-state index contributed by atoms with van der Waals surface area (Å²) in [6.45, 7) is -0.162. The quantitative estimate of drug-likeness (QED) is 0.592. The highest BCUT2D eigenvalue weighted by molar-refractivity contribution is 6.01. The minimum Gasteiger partial charge on any atom is -0.329 e. The number of carbonyl (C=O) groups is 3. The third-order valence-electron chi connectivity index (χ3n) is 4.72. The Balaban J connectivity index is 1.45. The van der Waals surface area contributed by atoms with Gasteiger partial charge < -0.3 is 10.6 Å². The fraction of sp³-hybridized carbons (Fsp3) is 0.136. The second-order valence-electron chi connectivity index (χ2n) is 6.97. The molecule has 0 spiro atoms. The average molecular weight is 417 g/mol. The molecule has 2 heterocycles. The molecule has 2 aromatic carbocycles. The highest BCUT2D eigenvalue weighted by atomic mass is 16.2. The molecule has 31 heavy (non-hydrogen) atoms. The SMILES string of the molecule is O=C(Cn1nc(-c2ccccc2)ccc1=O)Nc1cccc(CN2C(=O)CNC2=O)c1. The predicted molar refractivity (Wildman–Crippen MR) is 113 cm³/mol. The predicted octanol–water partition coefficient (Wildman–Crippen LogP) is 1.60. The van der Waals surface area contributed by atoms with Gasteiger partial charge in [-0.15, -0.1) is 0 Å². The van der Waals surface area contributed by atoms with Crippen molar-refractivity contribution in [3.63, 3.8) is 0 Å². The molecule has 0 unspecified atom stereocenters. The van der Waals surface area contributed by atoms with Crippen molar-refractivity contribution in [2.75, 3.05) is 11.9 Å². The van der Waals surface area contributed by atoms with Crippen molar-refractivity contribution in [3.05, 3.63) is 82.6 Å². The van der Waals surface area contributed by atoms with Gasteiger partial charge in [-0.2, -0.15) is 5.10 Å². The van der Waals surface area contributed by atoms with Crippen LogP contribution in [0.3, 0.4) is 0 Å². The van der Waals surface area contributed by atoms with Gasteiger partial charge in [-0.05, 0) is 23.8 Å². The third kappa shape index (κ3) is 4.67. The van der Waals surface area contributed by atoms with Crippen LogP contribution in [0.25, 0.3) is 11.3 Å². The van der Waals surface area contributed by atoms with Crippen molar-refractivity contribution >= 4 is 23.5 Å². The van der Waals surface area contributed by atoms with E-state index in [1.807, 2.05) is 30.3 Å². The van der Waals surface area contributed by atoms with Crippen LogP contribution >= 0.6 is 0 Å². The summed E-state index contributed by atoms with van der Waals surface area (Å²) in [6.07, 6.45) is 0. The molecule has 9 heteroatoms. The molecule has 156 valence electrons. The van der Waals surface area contributed by atoms with Crippen LogP contribution in [-0.4, -0.2) is 39.1 Å². The zero-order valence-corrected chi connectivity index (χ0v) is 16.4. The van der Waals surface area contributed by atoms with Crippen LogP contribution < -0.4 is 16.2 Å². The number of aromatic nitrogens is 2. The molecule has 1 fully saturated rings. The summed E-state index contributed by atoms with van der Waals surface area (Å²) >= 11 is 0. The monoisotopic (exact) mass is 417 g/mol. The lowest BCUT2D eigenvalue weighted by Crippen LogP contribution is -2.30. The van der Waals surface area contributed by atoms with Gasteiger partial charge in [0.1, 0.15) is 6.54 Å². The van der Waals surface area contributed by atoms with E-state index in [0.29, 0.717) is 16.9 Å². The van der Waals surface area contributed by atoms with Crippen LogP contribution in [-0.2, 0) is 22.7 Å². The van der Waals surface area contributed by atoms with E-state index in [0.717, 1.165) is 15.1 Å². The second-order valence-corrected chi connectivity index (χ2v) is 6.97. The highest BCUT2D eigenvalue weighted by Gasteiger charge is 2.28. The van der Waals surface area contributed by atoms with Crippen molar-refractivity contribution in [1.82, 2.24) is 20.0 Å². The van der Waals surface area contributed by atoms with Crippen LogP contribution in [0.4, 0.5) is 10.5 Å². The molecule has 9 nitrogen and oxygen atoms in total. The molecule has 0 radical (unpaired) electrons. The zero-order chi connectivity index (χ0) is 21.8. The van der Waals surface area contributed by atoms with Crippen molar-refractivity contribution in [2.45, 2.75) is 13.1 Å². The number of hydrogen-bond donors (Lipinski definition) is 2. The summed E-state index contributed by atoms with van der Waals surface area (Å²) in [5.74, 6) is -0.727. The number of nitrogens with one attached hydrogen (secondary N) is 2. The van der Waals surface area contributed by atoms with Gasteiger partial charge in [0.05, 0.1) is 18.8 Å². The maximum atomic E-state index is 12.5. The minimum atomic E-state index is -0.441. The molecular formula is C22H19N5O4. The smallest absolute Gasteiger partial charge is 0.324 e. The Labute approximate surface area is 177 Å². The van der Waals surface area contributed by atoms with E-state index in [-0.39, 0.29) is 31.1 Å². The van der Waals surface area contributed by atoms with E-state index >= 15 is 0 Å². The van der Waals surface area contributed by atoms with Crippen molar-refractivity contribution < 1.29 is 14.4 Å². The molecule has 1 aromatic heterocycles. The Morgan fingerprint density at radius 1 is 1.00 bits per heavy atom. The molecule has 0 atom stereocenters. The summed E-state index contributed by atoms with van der Waals surface area (Å²) in [7, 11) is 0. The average Bonchev–Trinajstić information content (AvgIpc) is 3.08. The van der Waals surface area contributed by atoms with E-state index in [1.54, 1.807) is 30.3 Å². The zero-order valence-electron chi connectivity index (χ0n) is 16.4. The van der Waals surface area contributed by atoms with Gasteiger partial charge in [0.2, 0.25) is 11.8 Å². The highest BCUT2D eigenvalue weighted by Crippen LogP contribution is 2.15. The molecular weight excluding hydrogens is 398 g/mol. The maximum Gasteiger partial charge on any atom is 0.324 e. The number of imide groups is 1. The van der Waals surface area contributed by atoms with Crippen molar-refractivity contribution in [3.8, 4) is 11.3 Å². The molecule has 0 aliphatic carbocycles. The Morgan fingerprint density at radius 2 is 1.81 bits per heavy atom. The van der Waals surface area contributed by atoms with E-state index in [1.165, 1.54) is 6.07 Å². The molecule has 4 amide bonds. The first-order valence-corrected chi connectivity index (χ1v) is 9.60. The summed E-state index contributed by atoms with van der Waals surface area (Å²) in [5, 5.41) is 9.47. The van der Waals surface area contributed by atoms with E-state index in [9.17, 15) is 19.2 Å². The van der Waals surface area contributed by atoms with Gasteiger partial charge in [-0.25, -0.2) is 9.48 Å². The number of rotatable bonds is 6. The topological polar surface area (TPSA) is 113 Å². The Hall–Kier alpha value is -4.27. The van der Waals surface area contributed by atoms with Crippen molar-refractivity contribution in [1.29, 1.82) is 0 Å². The summed E-state index contributed by atoms with van der Waals surface area (Å²) < 4.78 is 1.11. The first kappa shape index (κ1) is 20.0. The fourth-order valence-electron chi connectivity index (χ4n) is 3.21. The molecule has 4 rings (SSSR count). The number of carbonyl (C=O) groups excluding carboxylic acids is 3. The molecule has 1 saturated heterocycles. The number of urea groups is 1. The van der Waals surface area contributed by atoms with E-state index in [2.05, 4.69) is 15.7 Å². The maximum absolute atomic E-state index is 12.5. The van der Waals surface area contributed by atoms with Gasteiger partial charge in [0.15, 0.2) is 0 Å². The molecule has 0 bridgehead atoms. The summed E-state index contributed by atoms with van der Waals surface area (Å²) in [6, 6.07) is 18.7. The lowest BCUT2D eigenvalue weighted by molar-refractivity contribution is -0.125. The van der Waals surface area contributed by atoms with Crippen LogP contribution in [0.2, 0.25) is 0 Å². The number of amides is 4. The molecule has 3 aromatic rings. The van der Waals surface area contributed by atoms with Crippen LogP contribution in [0.1, 0.15) is 5.56 Å². The number of hydrogen-bond acceptors (Lipinski definition) is 5. The molecule has 1 aliphatic rings. The van der Waals surface area contributed by atoms with E-state index < -0.39 is 11.9 Å². The molecule has 1 aliphatic heterocycles. The largest absolute Gasteiger partial charge is 0.329 e. The summed E-state index contributed by atoms with van der Waals surface area (Å²) in [5.41, 5.74) is 2.21. The minimum absolute atomic E-state index is 0.0148. The van der Waals surface area contributed by atoms with Gasteiger partial charge in [0, 0.05) is 17.3 Å². The summed E-state index contributed by atoms with van der Waals surface area (Å²) in [4.78, 5) is 49.2. The van der Waals surface area contributed by atoms with Crippen LogP contribution in [0.15, 0.2) is 71.5 Å². The molecule has 2 N–H and O–H groups in total. The molecule has 0 saturated carbocycles. The Bertz CT molecular complexity index is 1190. The number of benzene rings is 2. The first-order valence-electron chi connectivity index (χ1n) is 9.60. The van der Waals surface area contributed by atoms with E-state index in [4.69, 9.17) is 0 Å². The fourth-order valence-corrected chi connectivity index (χ4v) is 3.21.